The van der Waals surface area contributed by atoms with Gasteiger partial charge < -0.3 is 15.1 Å². The van der Waals surface area contributed by atoms with Crippen molar-refractivity contribution >= 4 is 28.8 Å². The second-order valence-electron chi connectivity index (χ2n) is 10.1. The van der Waals surface area contributed by atoms with Crippen molar-refractivity contribution in [1.29, 1.82) is 0 Å². The number of rotatable bonds is 7. The molecular formula is C27H37ClN6O2. The molecule has 1 saturated carbocycles. The minimum absolute atomic E-state index is 0.0881. The highest BCUT2D eigenvalue weighted by atomic mass is 35.5. The van der Waals surface area contributed by atoms with Crippen LogP contribution in [-0.2, 0) is 6.54 Å². The summed E-state index contributed by atoms with van der Waals surface area (Å²) >= 11 is 6.53. The summed E-state index contributed by atoms with van der Waals surface area (Å²) in [7, 11) is 4.30. The molecule has 8 nitrogen and oxygen atoms in total. The van der Waals surface area contributed by atoms with Crippen LogP contribution >= 0.6 is 11.6 Å². The molecule has 0 radical (unpaired) electrons. The average molecular weight is 513 g/mol. The van der Waals surface area contributed by atoms with Gasteiger partial charge in [0.05, 0.1) is 12.1 Å². The summed E-state index contributed by atoms with van der Waals surface area (Å²) in [6.45, 7) is 8.82. The molecule has 1 aromatic carbocycles. The van der Waals surface area contributed by atoms with Crippen LogP contribution in [0.3, 0.4) is 0 Å². The van der Waals surface area contributed by atoms with Gasteiger partial charge in [-0.15, -0.1) is 0 Å². The lowest BCUT2D eigenvalue weighted by atomic mass is 9.89. The van der Waals surface area contributed by atoms with Crippen molar-refractivity contribution < 1.29 is 4.79 Å². The van der Waals surface area contributed by atoms with E-state index in [1.54, 1.807) is 10.6 Å². The molecule has 0 unspecified atom stereocenters. The van der Waals surface area contributed by atoms with Crippen molar-refractivity contribution in [3.63, 3.8) is 0 Å². The van der Waals surface area contributed by atoms with Crippen molar-refractivity contribution in [2.75, 3.05) is 25.5 Å². The molecule has 0 aliphatic heterocycles. The molecule has 2 heterocycles. The third-order valence-corrected chi connectivity index (χ3v) is 7.83. The summed E-state index contributed by atoms with van der Waals surface area (Å²) in [6.07, 6.45) is 4.55. The number of hydrogen-bond acceptors (Lipinski definition) is 5. The number of H-pyrrole nitrogens is 1. The number of anilines is 1. The number of halogens is 1. The lowest BCUT2D eigenvalue weighted by Crippen LogP contribution is -2.42. The minimum Gasteiger partial charge on any atom is -0.369 e. The Kier molecular flexibility index (Phi) is 7.76. The Labute approximate surface area is 217 Å². The SMILES string of the molecule is CCN(c1cc(Cl)cc(C(=O)NCc2c(C)n3[nH]c(C)cc3nc2=O)c1C)[C@H]1CC[C@H](N(C)C)CC1. The van der Waals surface area contributed by atoms with Gasteiger partial charge in [-0.05, 0) is 85.2 Å². The molecule has 0 atom stereocenters. The summed E-state index contributed by atoms with van der Waals surface area (Å²) in [5.74, 6) is -0.254. The second kappa shape index (κ2) is 10.6. The molecule has 0 bridgehead atoms. The quantitative estimate of drug-likeness (QED) is 0.495. The van der Waals surface area contributed by atoms with Crippen LogP contribution in [0.2, 0.25) is 5.02 Å². The lowest BCUT2D eigenvalue weighted by Gasteiger charge is -2.40. The highest BCUT2D eigenvalue weighted by Crippen LogP contribution is 2.34. The predicted octanol–water partition coefficient (Wildman–Crippen LogP) is 4.23. The van der Waals surface area contributed by atoms with E-state index in [1.807, 2.05) is 32.9 Å². The first kappa shape index (κ1) is 26.2. The minimum atomic E-state index is -0.333. The van der Waals surface area contributed by atoms with E-state index in [0.717, 1.165) is 54.9 Å². The summed E-state index contributed by atoms with van der Waals surface area (Å²) < 4.78 is 1.77. The Morgan fingerprint density at radius 1 is 1.14 bits per heavy atom. The number of carbonyl (C=O) groups is 1. The van der Waals surface area contributed by atoms with E-state index in [4.69, 9.17) is 11.6 Å². The smallest absolute Gasteiger partial charge is 0.278 e. The van der Waals surface area contributed by atoms with E-state index in [1.165, 1.54) is 0 Å². The monoisotopic (exact) mass is 512 g/mol. The van der Waals surface area contributed by atoms with Crippen LogP contribution in [0.5, 0.6) is 0 Å². The molecule has 1 aliphatic rings. The van der Waals surface area contributed by atoms with Crippen molar-refractivity contribution in [2.45, 2.75) is 72.0 Å². The number of nitrogens with one attached hydrogen (secondary N) is 2. The number of nitrogens with zero attached hydrogens (tertiary/aromatic N) is 4. The number of aromatic amines is 1. The standard InChI is InChI=1S/C27H37ClN6O2/c1-7-33(21-10-8-20(9-11-21)32(5)6)24-14-19(28)13-22(17(24)3)26(35)29-15-23-18(4)34-25(30-27(23)36)12-16(2)31-34/h12-14,20-21,31H,7-11,15H2,1-6H3,(H,29,35)/t20-,21-. The van der Waals surface area contributed by atoms with E-state index < -0.39 is 0 Å². The molecule has 2 aromatic heterocycles. The Bertz CT molecular complexity index is 1320. The maximum absolute atomic E-state index is 13.3. The van der Waals surface area contributed by atoms with Crippen LogP contribution in [0.15, 0.2) is 23.0 Å². The predicted molar refractivity (Wildman–Crippen MR) is 145 cm³/mol. The van der Waals surface area contributed by atoms with Gasteiger partial charge in [0.25, 0.3) is 11.5 Å². The zero-order valence-electron chi connectivity index (χ0n) is 22.1. The highest BCUT2D eigenvalue weighted by Gasteiger charge is 2.28. The molecule has 4 rings (SSSR count). The fourth-order valence-electron chi connectivity index (χ4n) is 5.50. The Morgan fingerprint density at radius 2 is 1.81 bits per heavy atom. The van der Waals surface area contributed by atoms with Crippen LogP contribution in [0.25, 0.3) is 5.65 Å². The first-order valence-electron chi connectivity index (χ1n) is 12.7. The molecular weight excluding hydrogens is 476 g/mol. The third kappa shape index (κ3) is 5.15. The third-order valence-electron chi connectivity index (χ3n) is 7.61. The topological polar surface area (TPSA) is 85.7 Å². The number of amides is 1. The maximum Gasteiger partial charge on any atom is 0.278 e. The number of hydrogen-bond donors (Lipinski definition) is 2. The van der Waals surface area contributed by atoms with Gasteiger partial charge in [0.2, 0.25) is 0 Å². The van der Waals surface area contributed by atoms with Crippen LogP contribution in [0, 0.1) is 20.8 Å². The molecule has 194 valence electrons. The number of aryl methyl sites for hydroxylation is 2. The molecule has 36 heavy (non-hydrogen) atoms. The highest BCUT2D eigenvalue weighted by molar-refractivity contribution is 6.31. The molecule has 1 aliphatic carbocycles. The number of benzene rings is 1. The molecule has 3 aromatic rings. The van der Waals surface area contributed by atoms with Crippen LogP contribution < -0.4 is 15.8 Å². The fourth-order valence-corrected chi connectivity index (χ4v) is 5.71. The molecule has 0 saturated heterocycles. The van der Waals surface area contributed by atoms with E-state index in [2.05, 4.69) is 46.2 Å². The number of aromatic nitrogens is 3. The molecule has 2 N–H and O–H groups in total. The number of fused-ring (bicyclic) bond motifs is 1. The van der Waals surface area contributed by atoms with Gasteiger partial charge in [-0.1, -0.05) is 11.6 Å². The summed E-state index contributed by atoms with van der Waals surface area (Å²) in [6, 6.07) is 6.54. The van der Waals surface area contributed by atoms with Crippen molar-refractivity contribution in [1.82, 2.24) is 24.8 Å². The normalized spacial score (nSPS) is 18.1. The molecule has 1 fully saturated rings. The van der Waals surface area contributed by atoms with Gasteiger partial charge in [0.1, 0.15) is 0 Å². The zero-order chi connectivity index (χ0) is 26.1. The van der Waals surface area contributed by atoms with Crippen molar-refractivity contribution in [3.05, 3.63) is 61.7 Å². The van der Waals surface area contributed by atoms with Crippen LogP contribution in [-0.4, -0.2) is 58.1 Å². The summed E-state index contributed by atoms with van der Waals surface area (Å²) in [4.78, 5) is 34.8. The van der Waals surface area contributed by atoms with E-state index in [9.17, 15) is 9.59 Å². The lowest BCUT2D eigenvalue weighted by molar-refractivity contribution is 0.0950. The summed E-state index contributed by atoms with van der Waals surface area (Å²) in [5.41, 5.74) is 4.76. The van der Waals surface area contributed by atoms with Gasteiger partial charge in [0.15, 0.2) is 5.65 Å². The molecule has 0 spiro atoms. The zero-order valence-corrected chi connectivity index (χ0v) is 22.9. The Morgan fingerprint density at radius 3 is 2.44 bits per heavy atom. The Hall–Kier alpha value is -2.84. The summed E-state index contributed by atoms with van der Waals surface area (Å²) in [5, 5.41) is 6.63. The molecule has 9 heteroatoms. The maximum atomic E-state index is 13.3. The number of carbonyl (C=O) groups excluding carboxylic acids is 1. The van der Waals surface area contributed by atoms with Crippen molar-refractivity contribution in [2.24, 2.45) is 0 Å². The fraction of sp³-hybridized carbons (Fsp3) is 0.519. The average Bonchev–Trinajstić information content (AvgIpc) is 3.21. The van der Waals surface area contributed by atoms with Gasteiger partial charge in [0, 0.05) is 52.4 Å². The Balaban J connectivity index is 1.56. The molecule has 1 amide bonds. The van der Waals surface area contributed by atoms with Crippen LogP contribution in [0.1, 0.15) is 65.5 Å². The first-order valence-corrected chi connectivity index (χ1v) is 13.1. The van der Waals surface area contributed by atoms with Gasteiger partial charge in [-0.25, -0.2) is 4.52 Å². The largest absolute Gasteiger partial charge is 0.369 e. The second-order valence-corrected chi connectivity index (χ2v) is 10.5. The van der Waals surface area contributed by atoms with Crippen molar-refractivity contribution in [3.8, 4) is 0 Å². The van der Waals surface area contributed by atoms with Gasteiger partial charge in [-0.2, -0.15) is 4.98 Å². The van der Waals surface area contributed by atoms with E-state index in [-0.39, 0.29) is 18.0 Å². The first-order chi connectivity index (χ1) is 17.1. The van der Waals surface area contributed by atoms with Gasteiger partial charge in [-0.3, -0.25) is 14.7 Å². The van der Waals surface area contributed by atoms with E-state index >= 15 is 0 Å². The van der Waals surface area contributed by atoms with Crippen LogP contribution in [0.4, 0.5) is 5.69 Å². The van der Waals surface area contributed by atoms with Gasteiger partial charge >= 0.3 is 0 Å². The van der Waals surface area contributed by atoms with E-state index in [0.29, 0.717) is 33.9 Å².